The SMILES string of the molecule is COC(=O)c1cc(CN(C)C(=O)Cc2c(C)[nH]c3ccccc23)oc1C. The van der Waals surface area contributed by atoms with Gasteiger partial charge in [0.15, 0.2) is 0 Å². The van der Waals surface area contributed by atoms with Crippen LogP contribution in [0.3, 0.4) is 0 Å². The number of hydrogen-bond donors (Lipinski definition) is 1. The van der Waals surface area contributed by atoms with E-state index in [0.717, 1.165) is 22.2 Å². The number of methoxy groups -OCH3 is 1. The molecule has 1 aromatic carbocycles. The van der Waals surface area contributed by atoms with Crippen molar-refractivity contribution in [2.45, 2.75) is 26.8 Å². The average molecular weight is 354 g/mol. The Morgan fingerprint density at radius 2 is 1.96 bits per heavy atom. The van der Waals surface area contributed by atoms with Crippen molar-refractivity contribution >= 4 is 22.8 Å². The number of carbonyl (C=O) groups excluding carboxylic acids is 2. The maximum atomic E-state index is 12.7. The molecule has 1 N–H and O–H groups in total. The van der Waals surface area contributed by atoms with Gasteiger partial charge >= 0.3 is 5.97 Å². The van der Waals surface area contributed by atoms with Crippen molar-refractivity contribution in [3.05, 3.63) is 58.7 Å². The predicted octanol–water partition coefficient (Wildman–Crippen LogP) is 3.37. The Labute approximate surface area is 151 Å². The topological polar surface area (TPSA) is 75.5 Å². The van der Waals surface area contributed by atoms with E-state index in [2.05, 4.69) is 4.98 Å². The zero-order valence-electron chi connectivity index (χ0n) is 15.4. The highest BCUT2D eigenvalue weighted by Gasteiger charge is 2.19. The Bertz CT molecular complexity index is 968. The van der Waals surface area contributed by atoms with Gasteiger partial charge in [-0.3, -0.25) is 4.79 Å². The van der Waals surface area contributed by atoms with Crippen LogP contribution in [0.15, 0.2) is 34.7 Å². The number of fused-ring (bicyclic) bond motifs is 1. The van der Waals surface area contributed by atoms with E-state index in [9.17, 15) is 9.59 Å². The number of para-hydroxylation sites is 1. The zero-order valence-corrected chi connectivity index (χ0v) is 15.4. The summed E-state index contributed by atoms with van der Waals surface area (Å²) in [6, 6.07) is 9.57. The fourth-order valence-corrected chi connectivity index (χ4v) is 3.10. The third-order valence-electron chi connectivity index (χ3n) is 4.55. The van der Waals surface area contributed by atoms with Gasteiger partial charge in [0, 0.05) is 23.6 Å². The zero-order chi connectivity index (χ0) is 18.8. The van der Waals surface area contributed by atoms with Crippen LogP contribution >= 0.6 is 0 Å². The van der Waals surface area contributed by atoms with Gasteiger partial charge in [0.25, 0.3) is 0 Å². The molecule has 0 spiro atoms. The smallest absolute Gasteiger partial charge is 0.341 e. The number of aromatic amines is 1. The summed E-state index contributed by atoms with van der Waals surface area (Å²) in [6.07, 6.45) is 0.301. The quantitative estimate of drug-likeness (QED) is 0.713. The summed E-state index contributed by atoms with van der Waals surface area (Å²) in [6.45, 7) is 3.96. The van der Waals surface area contributed by atoms with Crippen molar-refractivity contribution in [3.8, 4) is 0 Å². The first-order chi connectivity index (χ1) is 12.4. The van der Waals surface area contributed by atoms with Crippen molar-refractivity contribution in [2.75, 3.05) is 14.2 Å². The van der Waals surface area contributed by atoms with Crippen molar-refractivity contribution in [2.24, 2.45) is 0 Å². The number of ether oxygens (including phenoxy) is 1. The molecule has 1 amide bonds. The summed E-state index contributed by atoms with van der Waals surface area (Å²) in [7, 11) is 3.05. The minimum absolute atomic E-state index is 0.0217. The summed E-state index contributed by atoms with van der Waals surface area (Å²) in [4.78, 5) is 29.3. The normalized spacial score (nSPS) is 10.9. The lowest BCUT2D eigenvalue weighted by atomic mass is 10.1. The van der Waals surface area contributed by atoms with Crippen LogP contribution in [-0.4, -0.2) is 35.9 Å². The number of H-pyrrole nitrogens is 1. The van der Waals surface area contributed by atoms with Gasteiger partial charge in [-0.2, -0.15) is 0 Å². The van der Waals surface area contributed by atoms with Gasteiger partial charge < -0.3 is 19.0 Å². The molecule has 0 aliphatic rings. The minimum atomic E-state index is -0.444. The predicted molar refractivity (Wildman–Crippen MR) is 98.0 cm³/mol. The highest BCUT2D eigenvalue weighted by Crippen LogP contribution is 2.23. The van der Waals surface area contributed by atoms with Crippen LogP contribution in [0.25, 0.3) is 10.9 Å². The van der Waals surface area contributed by atoms with Crippen LogP contribution < -0.4 is 0 Å². The molecule has 136 valence electrons. The third kappa shape index (κ3) is 3.35. The number of nitrogens with zero attached hydrogens (tertiary/aromatic N) is 1. The molecule has 0 radical (unpaired) electrons. The van der Waals surface area contributed by atoms with E-state index in [-0.39, 0.29) is 12.5 Å². The lowest BCUT2D eigenvalue weighted by Crippen LogP contribution is -2.27. The maximum absolute atomic E-state index is 12.7. The highest BCUT2D eigenvalue weighted by atomic mass is 16.5. The fraction of sp³-hybridized carbons (Fsp3) is 0.300. The van der Waals surface area contributed by atoms with E-state index in [1.807, 2.05) is 31.2 Å². The second kappa shape index (κ2) is 7.07. The Morgan fingerprint density at radius 3 is 2.69 bits per heavy atom. The summed E-state index contributed by atoms with van der Waals surface area (Å²) >= 11 is 0. The Hall–Kier alpha value is -3.02. The second-order valence-electron chi connectivity index (χ2n) is 6.37. The van der Waals surface area contributed by atoms with Gasteiger partial charge in [0.2, 0.25) is 5.91 Å². The molecule has 26 heavy (non-hydrogen) atoms. The number of furan rings is 1. The molecule has 0 aliphatic heterocycles. The molecule has 0 fully saturated rings. The number of hydrogen-bond acceptors (Lipinski definition) is 4. The lowest BCUT2D eigenvalue weighted by molar-refractivity contribution is -0.129. The number of esters is 1. The van der Waals surface area contributed by atoms with E-state index in [0.29, 0.717) is 23.5 Å². The molecule has 3 rings (SSSR count). The Balaban J connectivity index is 1.74. The standard InChI is InChI=1S/C20H22N2O4/c1-12-16(15-7-5-6-8-18(15)21-12)10-19(23)22(3)11-14-9-17(13(2)26-14)20(24)25-4/h5-9,21H,10-11H2,1-4H3. The first kappa shape index (κ1) is 17.8. The van der Waals surface area contributed by atoms with E-state index in [1.54, 1.807) is 24.9 Å². The average Bonchev–Trinajstić information content (AvgIpc) is 3.14. The molecule has 0 saturated carbocycles. The van der Waals surface area contributed by atoms with Crippen LogP contribution in [0.2, 0.25) is 0 Å². The number of likely N-dealkylation sites (N-methyl/N-ethyl adjacent to an activating group) is 1. The summed E-state index contributed by atoms with van der Waals surface area (Å²) < 4.78 is 10.3. The number of aromatic nitrogens is 1. The van der Waals surface area contributed by atoms with Gasteiger partial charge in [-0.1, -0.05) is 18.2 Å². The third-order valence-corrected chi connectivity index (χ3v) is 4.55. The summed E-state index contributed by atoms with van der Waals surface area (Å²) in [5, 5.41) is 1.06. The molecule has 6 nitrogen and oxygen atoms in total. The van der Waals surface area contributed by atoms with Crippen molar-refractivity contribution in [1.29, 1.82) is 0 Å². The largest absolute Gasteiger partial charge is 0.465 e. The number of benzene rings is 1. The van der Waals surface area contributed by atoms with Crippen molar-refractivity contribution in [3.63, 3.8) is 0 Å². The Kier molecular flexibility index (Phi) is 4.84. The molecule has 0 bridgehead atoms. The molecular weight excluding hydrogens is 332 g/mol. The first-order valence-electron chi connectivity index (χ1n) is 8.38. The van der Waals surface area contributed by atoms with Gasteiger partial charge in [-0.15, -0.1) is 0 Å². The number of amides is 1. The summed E-state index contributed by atoms with van der Waals surface area (Å²) in [5.41, 5.74) is 3.41. The molecule has 0 unspecified atom stereocenters. The minimum Gasteiger partial charge on any atom is -0.465 e. The molecule has 2 aromatic heterocycles. The number of rotatable bonds is 5. The van der Waals surface area contributed by atoms with Gasteiger partial charge in [-0.25, -0.2) is 4.79 Å². The fourth-order valence-electron chi connectivity index (χ4n) is 3.10. The first-order valence-corrected chi connectivity index (χ1v) is 8.38. The Morgan fingerprint density at radius 1 is 1.23 bits per heavy atom. The molecule has 0 atom stereocenters. The molecular formula is C20H22N2O4. The van der Waals surface area contributed by atoms with Gasteiger partial charge in [-0.05, 0) is 31.5 Å². The second-order valence-corrected chi connectivity index (χ2v) is 6.37. The number of aryl methyl sites for hydroxylation is 2. The van der Waals surface area contributed by atoms with Gasteiger partial charge in [0.1, 0.15) is 17.1 Å². The maximum Gasteiger partial charge on any atom is 0.341 e. The number of carbonyl (C=O) groups is 2. The van der Waals surface area contributed by atoms with Crippen LogP contribution in [-0.2, 0) is 22.5 Å². The van der Waals surface area contributed by atoms with Crippen molar-refractivity contribution < 1.29 is 18.7 Å². The highest BCUT2D eigenvalue weighted by molar-refractivity contribution is 5.91. The molecule has 0 aliphatic carbocycles. The summed E-state index contributed by atoms with van der Waals surface area (Å²) in [5.74, 6) is 0.571. The number of nitrogens with one attached hydrogen (secondary N) is 1. The molecule has 2 heterocycles. The monoisotopic (exact) mass is 354 g/mol. The van der Waals surface area contributed by atoms with Crippen LogP contribution in [0, 0.1) is 13.8 Å². The molecule has 0 saturated heterocycles. The van der Waals surface area contributed by atoms with E-state index in [1.165, 1.54) is 7.11 Å². The van der Waals surface area contributed by atoms with E-state index >= 15 is 0 Å². The lowest BCUT2D eigenvalue weighted by Gasteiger charge is -2.16. The van der Waals surface area contributed by atoms with Crippen LogP contribution in [0.1, 0.15) is 33.1 Å². The van der Waals surface area contributed by atoms with Crippen LogP contribution in [0.5, 0.6) is 0 Å². The van der Waals surface area contributed by atoms with Crippen molar-refractivity contribution in [1.82, 2.24) is 9.88 Å². The van der Waals surface area contributed by atoms with Gasteiger partial charge in [0.05, 0.1) is 20.1 Å². The molecule has 6 heteroatoms. The van der Waals surface area contributed by atoms with E-state index < -0.39 is 5.97 Å². The van der Waals surface area contributed by atoms with E-state index in [4.69, 9.17) is 9.15 Å². The van der Waals surface area contributed by atoms with Crippen LogP contribution in [0.4, 0.5) is 0 Å². The molecule has 3 aromatic rings.